The first-order valence-electron chi connectivity index (χ1n) is 6.79. The fourth-order valence-electron chi connectivity index (χ4n) is 2.44. The number of hydrogen-bond donors (Lipinski definition) is 1. The number of thiophene rings is 1. The molecule has 1 fully saturated rings. The van der Waals surface area contributed by atoms with Crippen molar-refractivity contribution >= 4 is 11.3 Å². The number of hydrogen-bond acceptors (Lipinski definition) is 4. The lowest BCUT2D eigenvalue weighted by molar-refractivity contribution is 0.223. The van der Waals surface area contributed by atoms with Crippen LogP contribution in [0.25, 0.3) is 0 Å². The summed E-state index contributed by atoms with van der Waals surface area (Å²) in [5.41, 5.74) is 8.24. The summed E-state index contributed by atoms with van der Waals surface area (Å²) in [7, 11) is 0. The van der Waals surface area contributed by atoms with Gasteiger partial charge in [0, 0.05) is 12.6 Å². The fourth-order valence-corrected chi connectivity index (χ4v) is 3.10. The van der Waals surface area contributed by atoms with Crippen molar-refractivity contribution in [1.29, 1.82) is 0 Å². The van der Waals surface area contributed by atoms with Gasteiger partial charge in [-0.2, -0.15) is 11.3 Å². The van der Waals surface area contributed by atoms with E-state index in [0.29, 0.717) is 6.54 Å². The first-order valence-corrected chi connectivity index (χ1v) is 7.74. The molecule has 2 heterocycles. The molecule has 0 aromatic carbocycles. The van der Waals surface area contributed by atoms with Crippen molar-refractivity contribution in [2.24, 2.45) is 5.73 Å². The molecule has 0 atom stereocenters. The molecular formula is C15H20N2OS. The SMILES string of the molecule is Cc1cc(CN(Cc2ccsc2)C2CC2)oc1CN. The second-order valence-electron chi connectivity index (χ2n) is 5.29. The second-order valence-corrected chi connectivity index (χ2v) is 6.07. The Morgan fingerprint density at radius 3 is 2.84 bits per heavy atom. The fraction of sp³-hybridized carbons (Fsp3) is 0.467. The van der Waals surface area contributed by atoms with E-state index in [4.69, 9.17) is 10.2 Å². The molecule has 102 valence electrons. The smallest absolute Gasteiger partial charge is 0.120 e. The minimum Gasteiger partial charge on any atom is -0.463 e. The van der Waals surface area contributed by atoms with E-state index < -0.39 is 0 Å². The van der Waals surface area contributed by atoms with Crippen LogP contribution in [0.15, 0.2) is 27.3 Å². The van der Waals surface area contributed by atoms with Crippen LogP contribution in [0.5, 0.6) is 0 Å². The van der Waals surface area contributed by atoms with Gasteiger partial charge in [-0.05, 0) is 53.8 Å². The van der Waals surface area contributed by atoms with Gasteiger partial charge in [-0.25, -0.2) is 0 Å². The molecule has 0 spiro atoms. The van der Waals surface area contributed by atoms with Crippen molar-refractivity contribution in [2.45, 2.75) is 45.4 Å². The normalized spacial score (nSPS) is 15.3. The lowest BCUT2D eigenvalue weighted by atomic mass is 10.2. The van der Waals surface area contributed by atoms with Crippen molar-refractivity contribution < 1.29 is 4.42 Å². The Labute approximate surface area is 118 Å². The zero-order chi connectivity index (χ0) is 13.2. The minimum atomic E-state index is 0.486. The molecule has 2 aromatic rings. The number of nitrogens with two attached hydrogens (primary N) is 1. The summed E-state index contributed by atoms with van der Waals surface area (Å²) in [5.74, 6) is 1.96. The predicted octanol–water partition coefficient (Wildman–Crippen LogP) is 3.27. The highest BCUT2D eigenvalue weighted by molar-refractivity contribution is 7.07. The van der Waals surface area contributed by atoms with E-state index in [0.717, 1.165) is 30.7 Å². The van der Waals surface area contributed by atoms with Gasteiger partial charge < -0.3 is 10.2 Å². The largest absolute Gasteiger partial charge is 0.463 e. The van der Waals surface area contributed by atoms with E-state index in [-0.39, 0.29) is 0 Å². The van der Waals surface area contributed by atoms with Gasteiger partial charge in [-0.1, -0.05) is 0 Å². The first kappa shape index (κ1) is 12.9. The second kappa shape index (κ2) is 5.49. The number of rotatable bonds is 6. The summed E-state index contributed by atoms with van der Waals surface area (Å²) in [6, 6.07) is 5.07. The van der Waals surface area contributed by atoms with Gasteiger partial charge in [0.1, 0.15) is 11.5 Å². The molecule has 0 amide bonds. The van der Waals surface area contributed by atoms with Crippen LogP contribution in [-0.4, -0.2) is 10.9 Å². The molecule has 19 heavy (non-hydrogen) atoms. The zero-order valence-corrected chi connectivity index (χ0v) is 12.1. The number of nitrogens with zero attached hydrogens (tertiary/aromatic N) is 1. The third kappa shape index (κ3) is 3.08. The van der Waals surface area contributed by atoms with E-state index in [1.807, 2.05) is 0 Å². The lowest BCUT2D eigenvalue weighted by Crippen LogP contribution is -2.24. The van der Waals surface area contributed by atoms with Gasteiger partial charge >= 0.3 is 0 Å². The molecule has 3 nitrogen and oxygen atoms in total. The van der Waals surface area contributed by atoms with Crippen LogP contribution >= 0.6 is 11.3 Å². The summed E-state index contributed by atoms with van der Waals surface area (Å²) in [5, 5.41) is 4.37. The monoisotopic (exact) mass is 276 g/mol. The average Bonchev–Trinajstić information content (AvgIpc) is 3.01. The maximum Gasteiger partial charge on any atom is 0.120 e. The molecule has 4 heteroatoms. The number of furan rings is 1. The highest BCUT2D eigenvalue weighted by atomic mass is 32.1. The van der Waals surface area contributed by atoms with E-state index in [2.05, 4.69) is 34.7 Å². The maximum atomic E-state index is 5.83. The van der Waals surface area contributed by atoms with Gasteiger partial charge in [0.2, 0.25) is 0 Å². The third-order valence-electron chi connectivity index (χ3n) is 3.64. The molecule has 0 saturated heterocycles. The molecule has 2 N–H and O–H groups in total. The molecule has 0 unspecified atom stereocenters. The van der Waals surface area contributed by atoms with Gasteiger partial charge in [0.25, 0.3) is 0 Å². The van der Waals surface area contributed by atoms with E-state index in [9.17, 15) is 0 Å². The van der Waals surface area contributed by atoms with Gasteiger partial charge in [0.05, 0.1) is 13.1 Å². The summed E-state index contributed by atoms with van der Waals surface area (Å²) in [6.45, 7) is 4.46. The quantitative estimate of drug-likeness (QED) is 0.880. The summed E-state index contributed by atoms with van der Waals surface area (Å²) in [4.78, 5) is 2.51. The van der Waals surface area contributed by atoms with E-state index >= 15 is 0 Å². The van der Waals surface area contributed by atoms with Crippen LogP contribution < -0.4 is 5.73 Å². The van der Waals surface area contributed by atoms with Crippen molar-refractivity contribution in [3.63, 3.8) is 0 Å². The van der Waals surface area contributed by atoms with Gasteiger partial charge in [0.15, 0.2) is 0 Å². The van der Waals surface area contributed by atoms with Crippen LogP contribution in [0.1, 0.15) is 35.5 Å². The molecule has 0 radical (unpaired) electrons. The zero-order valence-electron chi connectivity index (χ0n) is 11.3. The Bertz CT molecular complexity index is 528. The van der Waals surface area contributed by atoms with Crippen LogP contribution in [0.2, 0.25) is 0 Å². The molecule has 1 saturated carbocycles. The van der Waals surface area contributed by atoms with E-state index in [1.54, 1.807) is 11.3 Å². The summed E-state index contributed by atoms with van der Waals surface area (Å²) < 4.78 is 5.83. The summed E-state index contributed by atoms with van der Waals surface area (Å²) in [6.07, 6.45) is 2.63. The molecule has 0 aliphatic heterocycles. The first-order chi connectivity index (χ1) is 9.26. The number of aryl methyl sites for hydroxylation is 1. The van der Waals surface area contributed by atoms with Crippen molar-refractivity contribution in [2.75, 3.05) is 0 Å². The van der Waals surface area contributed by atoms with Crippen LogP contribution in [0, 0.1) is 6.92 Å². The molecule has 0 bridgehead atoms. The third-order valence-corrected chi connectivity index (χ3v) is 4.38. The topological polar surface area (TPSA) is 42.4 Å². The standard InChI is InChI=1S/C15H20N2OS/c1-11-6-14(18-15(11)7-16)9-17(13-2-3-13)8-12-4-5-19-10-12/h4-6,10,13H,2-3,7-9,16H2,1H3. The lowest BCUT2D eigenvalue weighted by Gasteiger charge is -2.20. The Hall–Kier alpha value is -1.10. The van der Waals surface area contributed by atoms with Gasteiger partial charge in [-0.3, -0.25) is 4.90 Å². The molecule has 1 aliphatic rings. The Balaban J connectivity index is 1.70. The van der Waals surface area contributed by atoms with Gasteiger partial charge in [-0.15, -0.1) is 0 Å². The Morgan fingerprint density at radius 1 is 1.42 bits per heavy atom. The minimum absolute atomic E-state index is 0.486. The molecule has 1 aliphatic carbocycles. The van der Waals surface area contributed by atoms with E-state index in [1.165, 1.54) is 24.0 Å². The predicted molar refractivity (Wildman–Crippen MR) is 77.9 cm³/mol. The highest BCUT2D eigenvalue weighted by Gasteiger charge is 2.29. The summed E-state index contributed by atoms with van der Waals surface area (Å²) >= 11 is 1.76. The maximum absolute atomic E-state index is 5.83. The van der Waals surface area contributed by atoms with Crippen molar-refractivity contribution in [1.82, 2.24) is 4.90 Å². The van der Waals surface area contributed by atoms with Crippen LogP contribution in [0.3, 0.4) is 0 Å². The molecule has 3 rings (SSSR count). The molecular weight excluding hydrogens is 256 g/mol. The van der Waals surface area contributed by atoms with Crippen LogP contribution in [-0.2, 0) is 19.6 Å². The van der Waals surface area contributed by atoms with Crippen LogP contribution in [0.4, 0.5) is 0 Å². The van der Waals surface area contributed by atoms with Crippen molar-refractivity contribution in [3.05, 3.63) is 45.5 Å². The Kier molecular flexibility index (Phi) is 3.73. The van der Waals surface area contributed by atoms with Crippen molar-refractivity contribution in [3.8, 4) is 0 Å². The average molecular weight is 276 g/mol. The molecule has 2 aromatic heterocycles. The Morgan fingerprint density at radius 2 is 2.26 bits per heavy atom. The highest BCUT2D eigenvalue weighted by Crippen LogP contribution is 2.30.